The van der Waals surface area contributed by atoms with Crippen molar-refractivity contribution in [1.82, 2.24) is 4.98 Å². The minimum Gasteiger partial charge on any atom is -0.370 e. The van der Waals surface area contributed by atoms with Crippen LogP contribution in [0.2, 0.25) is 0 Å². The van der Waals surface area contributed by atoms with E-state index in [-0.39, 0.29) is 6.10 Å². The number of ether oxygens (including phenoxy) is 1. The summed E-state index contributed by atoms with van der Waals surface area (Å²) in [5.41, 5.74) is 2.34. The molecule has 1 N–H and O–H groups in total. The predicted molar refractivity (Wildman–Crippen MR) is 82.7 cm³/mol. The highest BCUT2D eigenvalue weighted by molar-refractivity contribution is 5.37. The topological polar surface area (TPSA) is 34.1 Å². The minimum absolute atomic E-state index is 0.0939. The minimum atomic E-state index is 0.0939. The van der Waals surface area contributed by atoms with Crippen molar-refractivity contribution in [3.8, 4) is 0 Å². The van der Waals surface area contributed by atoms with Crippen LogP contribution >= 0.6 is 0 Å². The molecular formula is C17H22N2O. The molecule has 0 aliphatic heterocycles. The van der Waals surface area contributed by atoms with Gasteiger partial charge in [0.25, 0.3) is 0 Å². The molecule has 1 aromatic carbocycles. The van der Waals surface area contributed by atoms with Gasteiger partial charge in [-0.15, -0.1) is 0 Å². The van der Waals surface area contributed by atoms with Crippen LogP contribution < -0.4 is 5.32 Å². The molecule has 1 unspecified atom stereocenters. The molecule has 0 aliphatic carbocycles. The fraction of sp³-hybridized carbons (Fsp3) is 0.353. The van der Waals surface area contributed by atoms with Crippen LogP contribution in [0.1, 0.15) is 37.5 Å². The zero-order chi connectivity index (χ0) is 14.2. The summed E-state index contributed by atoms with van der Waals surface area (Å²) in [4.78, 5) is 4.30. The summed E-state index contributed by atoms with van der Waals surface area (Å²) in [5, 5.41) is 3.29. The van der Waals surface area contributed by atoms with Gasteiger partial charge in [0.2, 0.25) is 0 Å². The average Bonchev–Trinajstić information content (AvgIpc) is 2.52. The number of hydrogen-bond donors (Lipinski definition) is 1. The molecule has 2 aromatic rings. The first-order chi connectivity index (χ1) is 9.79. The molecule has 0 saturated carbocycles. The van der Waals surface area contributed by atoms with Crippen molar-refractivity contribution in [3.05, 3.63) is 59.8 Å². The van der Waals surface area contributed by atoms with Gasteiger partial charge in [-0.05, 0) is 36.6 Å². The summed E-state index contributed by atoms with van der Waals surface area (Å²) < 4.78 is 5.92. The molecule has 0 fully saturated rings. The Balaban J connectivity index is 1.90. The Bertz CT molecular complexity index is 513. The summed E-state index contributed by atoms with van der Waals surface area (Å²) in [6.07, 6.45) is 3.01. The van der Waals surface area contributed by atoms with Crippen molar-refractivity contribution in [2.45, 2.75) is 33.0 Å². The molecular weight excluding hydrogens is 248 g/mol. The average molecular weight is 270 g/mol. The number of nitrogens with zero attached hydrogens (tertiary/aromatic N) is 1. The number of nitrogens with one attached hydrogen (secondary N) is 1. The van der Waals surface area contributed by atoms with E-state index >= 15 is 0 Å². The first-order valence-electron chi connectivity index (χ1n) is 7.15. The van der Waals surface area contributed by atoms with Gasteiger partial charge < -0.3 is 10.1 Å². The fourth-order valence-corrected chi connectivity index (χ4v) is 1.96. The van der Waals surface area contributed by atoms with Crippen molar-refractivity contribution < 1.29 is 4.74 Å². The zero-order valence-electron chi connectivity index (χ0n) is 12.2. The molecule has 0 saturated heterocycles. The van der Waals surface area contributed by atoms with E-state index in [9.17, 15) is 0 Å². The summed E-state index contributed by atoms with van der Waals surface area (Å²) in [5.74, 6) is 0.917. The van der Waals surface area contributed by atoms with Gasteiger partial charge in [-0.2, -0.15) is 0 Å². The molecule has 0 radical (unpaired) electrons. The normalized spacial score (nSPS) is 12.1. The Hall–Kier alpha value is -1.87. The summed E-state index contributed by atoms with van der Waals surface area (Å²) in [6.45, 7) is 5.76. The van der Waals surface area contributed by atoms with Crippen LogP contribution in [0.4, 0.5) is 5.82 Å². The fourth-order valence-electron chi connectivity index (χ4n) is 1.96. The first-order valence-corrected chi connectivity index (χ1v) is 7.15. The lowest BCUT2D eigenvalue weighted by atomic mass is 10.1. The van der Waals surface area contributed by atoms with Gasteiger partial charge in [-0.3, -0.25) is 0 Å². The third-order valence-corrected chi connectivity index (χ3v) is 3.15. The number of anilines is 1. The largest absolute Gasteiger partial charge is 0.370 e. The maximum Gasteiger partial charge on any atom is 0.126 e. The lowest BCUT2D eigenvalue weighted by Crippen LogP contribution is -2.04. The molecule has 3 heteroatoms. The van der Waals surface area contributed by atoms with Crippen LogP contribution in [0.15, 0.2) is 48.7 Å². The summed E-state index contributed by atoms with van der Waals surface area (Å²) in [7, 11) is 0. The van der Waals surface area contributed by atoms with E-state index in [2.05, 4.69) is 36.3 Å². The molecule has 0 bridgehead atoms. The number of rotatable bonds is 7. The number of aromatic nitrogens is 1. The Morgan fingerprint density at radius 2 is 2.00 bits per heavy atom. The van der Waals surface area contributed by atoms with Gasteiger partial charge in [-0.1, -0.05) is 37.3 Å². The van der Waals surface area contributed by atoms with Crippen molar-refractivity contribution in [3.63, 3.8) is 0 Å². The maximum absolute atomic E-state index is 5.92. The van der Waals surface area contributed by atoms with E-state index < -0.39 is 0 Å². The Labute approximate surface area is 121 Å². The van der Waals surface area contributed by atoms with Gasteiger partial charge in [0, 0.05) is 12.7 Å². The van der Waals surface area contributed by atoms with E-state index in [1.54, 1.807) is 0 Å². The van der Waals surface area contributed by atoms with Crippen LogP contribution in [-0.2, 0) is 11.3 Å². The summed E-state index contributed by atoms with van der Waals surface area (Å²) >= 11 is 0. The predicted octanol–water partition coefficient (Wildman–Crippen LogP) is 4.18. The van der Waals surface area contributed by atoms with Gasteiger partial charge >= 0.3 is 0 Å². The zero-order valence-corrected chi connectivity index (χ0v) is 12.2. The monoisotopic (exact) mass is 270 g/mol. The van der Waals surface area contributed by atoms with Gasteiger partial charge in [-0.25, -0.2) is 4.98 Å². The molecule has 2 rings (SSSR count). The van der Waals surface area contributed by atoms with E-state index in [1.165, 1.54) is 5.56 Å². The summed E-state index contributed by atoms with van der Waals surface area (Å²) in [6, 6.07) is 14.3. The number of hydrogen-bond acceptors (Lipinski definition) is 3. The highest BCUT2D eigenvalue weighted by Gasteiger charge is 2.05. The van der Waals surface area contributed by atoms with Gasteiger partial charge in [0.1, 0.15) is 5.82 Å². The van der Waals surface area contributed by atoms with Crippen LogP contribution in [-0.4, -0.2) is 11.5 Å². The second-order valence-corrected chi connectivity index (χ2v) is 4.84. The molecule has 1 heterocycles. The Kier molecular flexibility index (Phi) is 5.56. The Morgan fingerprint density at radius 3 is 2.75 bits per heavy atom. The second kappa shape index (κ2) is 7.65. The van der Waals surface area contributed by atoms with E-state index in [1.807, 2.05) is 36.5 Å². The molecule has 1 atom stereocenters. The molecule has 3 nitrogen and oxygen atoms in total. The van der Waals surface area contributed by atoms with E-state index in [4.69, 9.17) is 4.74 Å². The number of benzene rings is 1. The van der Waals surface area contributed by atoms with Crippen molar-refractivity contribution in [2.75, 3.05) is 11.9 Å². The number of pyridine rings is 1. The van der Waals surface area contributed by atoms with Crippen LogP contribution in [0, 0.1) is 0 Å². The quantitative estimate of drug-likeness (QED) is 0.819. The molecule has 0 aliphatic rings. The highest BCUT2D eigenvalue weighted by atomic mass is 16.5. The third-order valence-electron chi connectivity index (χ3n) is 3.15. The molecule has 1 aromatic heterocycles. The SMILES string of the molecule is CCCNc1cc(COC(C)c2ccccc2)ccn1. The lowest BCUT2D eigenvalue weighted by molar-refractivity contribution is 0.0525. The first kappa shape index (κ1) is 14.5. The lowest BCUT2D eigenvalue weighted by Gasteiger charge is -2.14. The third kappa shape index (κ3) is 4.35. The standard InChI is InChI=1S/C17H22N2O/c1-3-10-18-17-12-15(9-11-19-17)13-20-14(2)16-7-5-4-6-8-16/h4-9,11-12,14H,3,10,13H2,1-2H3,(H,18,19). The smallest absolute Gasteiger partial charge is 0.126 e. The Morgan fingerprint density at radius 1 is 1.20 bits per heavy atom. The maximum atomic E-state index is 5.92. The van der Waals surface area contributed by atoms with Crippen LogP contribution in [0.3, 0.4) is 0 Å². The molecule has 20 heavy (non-hydrogen) atoms. The van der Waals surface area contributed by atoms with Crippen molar-refractivity contribution >= 4 is 5.82 Å². The van der Waals surface area contributed by atoms with E-state index in [0.717, 1.165) is 24.3 Å². The second-order valence-electron chi connectivity index (χ2n) is 4.84. The van der Waals surface area contributed by atoms with Crippen molar-refractivity contribution in [2.24, 2.45) is 0 Å². The van der Waals surface area contributed by atoms with Crippen LogP contribution in [0.25, 0.3) is 0 Å². The van der Waals surface area contributed by atoms with Crippen molar-refractivity contribution in [1.29, 1.82) is 0 Å². The molecule has 0 amide bonds. The molecule has 106 valence electrons. The van der Waals surface area contributed by atoms with Gasteiger partial charge in [0.15, 0.2) is 0 Å². The molecule has 0 spiro atoms. The highest BCUT2D eigenvalue weighted by Crippen LogP contribution is 2.18. The van der Waals surface area contributed by atoms with Crippen LogP contribution in [0.5, 0.6) is 0 Å². The van der Waals surface area contributed by atoms with E-state index in [0.29, 0.717) is 6.61 Å². The van der Waals surface area contributed by atoms with Gasteiger partial charge in [0.05, 0.1) is 12.7 Å².